The van der Waals surface area contributed by atoms with Crippen molar-refractivity contribution in [2.75, 3.05) is 39.4 Å². The van der Waals surface area contributed by atoms with Gasteiger partial charge >= 0.3 is 0 Å². The average Bonchev–Trinajstić information content (AvgIpc) is 3.10. The zero-order valence-corrected chi connectivity index (χ0v) is 34.0. The minimum absolute atomic E-state index is 0.0302. The van der Waals surface area contributed by atoms with Crippen molar-refractivity contribution in [1.29, 1.82) is 0 Å². The van der Waals surface area contributed by atoms with Crippen LogP contribution in [0.1, 0.15) is 233 Å². The Morgan fingerprint density at radius 3 is 0.694 bits per heavy atom. The molecule has 0 aromatic rings. The van der Waals surface area contributed by atoms with Gasteiger partial charge < -0.3 is 14.5 Å². The Balaban J connectivity index is 4.67. The van der Waals surface area contributed by atoms with Gasteiger partial charge in [0.05, 0.1) is 0 Å². The molecule has 0 aliphatic rings. The highest BCUT2D eigenvalue weighted by atomic mass is 16.5. The van der Waals surface area contributed by atoms with Gasteiger partial charge in [-0.05, 0) is 25.7 Å². The Morgan fingerprint density at radius 1 is 0.306 bits per heavy atom. The van der Waals surface area contributed by atoms with Crippen LogP contribution in [-0.4, -0.2) is 61.0 Å². The Hall–Kier alpha value is -1.10. The molecule has 5 heteroatoms. The van der Waals surface area contributed by atoms with Crippen molar-refractivity contribution in [1.82, 2.24) is 9.80 Å². The predicted molar refractivity (Wildman–Crippen MR) is 214 cm³/mol. The van der Waals surface area contributed by atoms with Crippen LogP contribution in [0.15, 0.2) is 0 Å². The molecule has 0 radical (unpaired) electrons. The zero-order chi connectivity index (χ0) is 35.9. The van der Waals surface area contributed by atoms with E-state index in [-0.39, 0.29) is 25.0 Å². The first-order chi connectivity index (χ1) is 24.1. The lowest BCUT2D eigenvalue weighted by molar-refractivity contribution is -0.142. The second kappa shape index (κ2) is 39.7. The largest absolute Gasteiger partial charge is 0.362 e. The third-order valence-corrected chi connectivity index (χ3v) is 10.3. The highest BCUT2D eigenvalue weighted by Crippen LogP contribution is 2.14. The second-order valence-corrected chi connectivity index (χ2v) is 15.2. The van der Waals surface area contributed by atoms with Crippen LogP contribution in [0.2, 0.25) is 0 Å². The van der Waals surface area contributed by atoms with Crippen molar-refractivity contribution in [3.63, 3.8) is 0 Å². The van der Waals surface area contributed by atoms with Gasteiger partial charge in [0, 0.05) is 26.2 Å². The van der Waals surface area contributed by atoms with Crippen LogP contribution in [0.3, 0.4) is 0 Å². The molecule has 0 spiro atoms. The fourth-order valence-corrected chi connectivity index (χ4v) is 6.88. The summed E-state index contributed by atoms with van der Waals surface area (Å²) in [4.78, 5) is 30.7. The molecule has 2 amide bonds. The van der Waals surface area contributed by atoms with Gasteiger partial charge in [-0.15, -0.1) is 0 Å². The van der Waals surface area contributed by atoms with Gasteiger partial charge in [0.25, 0.3) is 0 Å². The molecule has 0 saturated heterocycles. The summed E-state index contributed by atoms with van der Waals surface area (Å²) >= 11 is 0. The molecule has 0 unspecified atom stereocenters. The minimum Gasteiger partial charge on any atom is -0.362 e. The summed E-state index contributed by atoms with van der Waals surface area (Å²) in [7, 11) is 0. The Morgan fingerprint density at radius 2 is 0.490 bits per heavy atom. The molecular weight excluding hydrogens is 604 g/mol. The summed E-state index contributed by atoms with van der Waals surface area (Å²) in [5.74, 6) is 0.129. The molecule has 0 bridgehead atoms. The number of hydrogen-bond acceptors (Lipinski definition) is 3. The summed E-state index contributed by atoms with van der Waals surface area (Å²) < 4.78 is 5.85. The number of hydrogen-bond donors (Lipinski definition) is 0. The van der Waals surface area contributed by atoms with Gasteiger partial charge in [-0.2, -0.15) is 0 Å². The molecule has 0 saturated carbocycles. The third kappa shape index (κ3) is 33.8. The van der Waals surface area contributed by atoms with Crippen molar-refractivity contribution in [2.24, 2.45) is 0 Å². The Kier molecular flexibility index (Phi) is 38.8. The van der Waals surface area contributed by atoms with Gasteiger partial charge in [-0.25, -0.2) is 0 Å². The van der Waals surface area contributed by atoms with Crippen LogP contribution in [0.25, 0.3) is 0 Å². The van der Waals surface area contributed by atoms with E-state index in [2.05, 4.69) is 27.7 Å². The van der Waals surface area contributed by atoms with Crippen molar-refractivity contribution < 1.29 is 14.3 Å². The van der Waals surface area contributed by atoms with E-state index in [1.807, 2.05) is 9.80 Å². The maximum absolute atomic E-state index is 13.3. The van der Waals surface area contributed by atoms with Crippen molar-refractivity contribution >= 4 is 11.8 Å². The molecule has 0 fully saturated rings. The number of ether oxygens (including phenoxy) is 1. The van der Waals surface area contributed by atoms with Crippen molar-refractivity contribution in [3.8, 4) is 0 Å². The molecule has 0 aliphatic heterocycles. The second-order valence-electron chi connectivity index (χ2n) is 15.2. The highest BCUT2D eigenvalue weighted by Gasteiger charge is 2.17. The van der Waals surface area contributed by atoms with Gasteiger partial charge in [0.1, 0.15) is 13.2 Å². The summed E-state index contributed by atoms with van der Waals surface area (Å²) in [6.07, 6.45) is 40.8. The number of carbonyl (C=O) groups is 2. The maximum atomic E-state index is 13.3. The third-order valence-electron chi connectivity index (χ3n) is 10.3. The summed E-state index contributed by atoms with van der Waals surface area (Å²) in [5, 5.41) is 0. The number of nitrogens with zero attached hydrogens (tertiary/aromatic N) is 2. The van der Waals surface area contributed by atoms with E-state index in [0.29, 0.717) is 0 Å². The van der Waals surface area contributed by atoms with E-state index in [1.54, 1.807) is 0 Å². The average molecular weight is 693 g/mol. The lowest BCUT2D eigenvalue weighted by Gasteiger charge is -2.24. The lowest BCUT2D eigenvalue weighted by atomic mass is 10.1. The molecule has 0 heterocycles. The monoisotopic (exact) mass is 693 g/mol. The van der Waals surface area contributed by atoms with Gasteiger partial charge in [0.15, 0.2) is 0 Å². The molecule has 0 rings (SSSR count). The molecule has 49 heavy (non-hydrogen) atoms. The number of rotatable bonds is 40. The first kappa shape index (κ1) is 47.9. The van der Waals surface area contributed by atoms with Gasteiger partial charge in [0.2, 0.25) is 11.8 Å². The van der Waals surface area contributed by atoms with Crippen LogP contribution in [-0.2, 0) is 14.3 Å². The van der Waals surface area contributed by atoms with E-state index in [9.17, 15) is 9.59 Å². The Labute approximate surface area is 307 Å². The fourth-order valence-electron chi connectivity index (χ4n) is 6.88. The summed E-state index contributed by atoms with van der Waals surface area (Å²) in [6, 6.07) is 0. The first-order valence-electron chi connectivity index (χ1n) is 22.2. The molecule has 0 atom stereocenters. The van der Waals surface area contributed by atoms with E-state index in [4.69, 9.17) is 4.74 Å². The van der Waals surface area contributed by atoms with Crippen LogP contribution >= 0.6 is 0 Å². The first-order valence-corrected chi connectivity index (χ1v) is 22.2. The smallest absolute Gasteiger partial charge is 0.248 e. The Bertz CT molecular complexity index is 629. The van der Waals surface area contributed by atoms with Crippen LogP contribution in [0.4, 0.5) is 0 Å². The quantitative estimate of drug-likeness (QED) is 0.0601. The normalized spacial score (nSPS) is 11.3. The van der Waals surface area contributed by atoms with Crippen LogP contribution in [0.5, 0.6) is 0 Å². The van der Waals surface area contributed by atoms with E-state index < -0.39 is 0 Å². The van der Waals surface area contributed by atoms with Crippen LogP contribution in [0, 0.1) is 0 Å². The van der Waals surface area contributed by atoms with Gasteiger partial charge in [-0.3, -0.25) is 9.59 Å². The molecule has 0 aliphatic carbocycles. The van der Waals surface area contributed by atoms with Crippen LogP contribution < -0.4 is 0 Å². The zero-order valence-electron chi connectivity index (χ0n) is 34.0. The van der Waals surface area contributed by atoms with E-state index in [1.165, 1.54) is 180 Å². The lowest BCUT2D eigenvalue weighted by Crippen LogP contribution is -2.39. The number of carbonyl (C=O) groups excluding carboxylic acids is 2. The molecule has 5 nitrogen and oxygen atoms in total. The molecule has 292 valence electrons. The van der Waals surface area contributed by atoms with Crippen molar-refractivity contribution in [3.05, 3.63) is 0 Å². The molecule has 0 aromatic heterocycles. The number of amides is 2. The standard InChI is InChI=1S/C44H88N2O3/c1-5-9-13-17-21-23-25-27-31-35-39-45(37-33-29-19-15-11-7-3)43(47)41-49-42-44(48)46(38-34-30-20-16-12-8-4)40-36-32-28-26-24-22-18-14-10-6-2/h5-42H2,1-4H3. The van der Waals surface area contributed by atoms with Gasteiger partial charge in [-0.1, -0.05) is 207 Å². The van der Waals surface area contributed by atoms with E-state index in [0.717, 1.165) is 51.9 Å². The topological polar surface area (TPSA) is 49.9 Å². The SMILES string of the molecule is CCCCCCCCCCCCN(CCCCCCCC)C(=O)COCC(=O)N(CCCCCCCC)CCCCCCCCCCCC. The minimum atomic E-state index is 0.0302. The predicted octanol–water partition coefficient (Wildman–Crippen LogP) is 13.2. The molecule has 0 N–H and O–H groups in total. The molecular formula is C44H88N2O3. The summed E-state index contributed by atoms with van der Waals surface area (Å²) in [5.41, 5.74) is 0. The highest BCUT2D eigenvalue weighted by molar-refractivity contribution is 5.79. The molecule has 0 aromatic carbocycles. The fraction of sp³-hybridized carbons (Fsp3) is 0.955. The van der Waals surface area contributed by atoms with Crippen molar-refractivity contribution in [2.45, 2.75) is 233 Å². The maximum Gasteiger partial charge on any atom is 0.248 e. The van der Waals surface area contributed by atoms with E-state index >= 15 is 0 Å². The summed E-state index contributed by atoms with van der Waals surface area (Å²) in [6.45, 7) is 12.4. The number of unbranched alkanes of at least 4 members (excludes halogenated alkanes) is 28.